The normalized spacial score (nSPS) is 13.2. The third-order valence-electron chi connectivity index (χ3n) is 2.10. The first kappa shape index (κ1) is 10.3. The molecule has 1 atom stereocenters. The van der Waals surface area contributed by atoms with Crippen LogP contribution in [0.3, 0.4) is 0 Å². The molecule has 1 nitrogen and oxygen atoms in total. The highest BCUT2D eigenvalue weighted by Crippen LogP contribution is 2.08. The van der Waals surface area contributed by atoms with Gasteiger partial charge in [0.25, 0.3) is 0 Å². The Morgan fingerprint density at radius 3 is 2.31 bits per heavy atom. The number of benzene rings is 1. The molecule has 0 unspecified atom stereocenters. The zero-order valence-corrected chi connectivity index (χ0v) is 8.83. The van der Waals surface area contributed by atoms with Crippen LogP contribution in [0.1, 0.15) is 12.5 Å². The van der Waals surface area contributed by atoms with E-state index in [9.17, 15) is 0 Å². The molecular weight excluding hydrogens is 158 g/mol. The maximum atomic E-state index is 2.30. The summed E-state index contributed by atoms with van der Waals surface area (Å²) in [6.45, 7) is 3.46. The van der Waals surface area contributed by atoms with E-state index < -0.39 is 0 Å². The zero-order valence-electron chi connectivity index (χ0n) is 8.83. The Balaban J connectivity index is 2.41. The van der Waals surface area contributed by atoms with E-state index in [0.29, 0.717) is 0 Å². The largest absolute Gasteiger partial charge is 0.309 e. The van der Waals surface area contributed by atoms with Crippen molar-refractivity contribution in [1.29, 1.82) is 0 Å². The van der Waals surface area contributed by atoms with Gasteiger partial charge in [0.1, 0.15) is 0 Å². The SMILES string of the molecule is C[C@@H](Cc1ccccc1)CN(C)C. The number of nitrogens with zero attached hydrogens (tertiary/aromatic N) is 1. The van der Waals surface area contributed by atoms with Crippen molar-refractivity contribution in [3.8, 4) is 0 Å². The molecule has 0 aliphatic heterocycles. The fourth-order valence-corrected chi connectivity index (χ4v) is 1.70. The van der Waals surface area contributed by atoms with Gasteiger partial charge in [-0.05, 0) is 32.0 Å². The molecule has 0 saturated carbocycles. The van der Waals surface area contributed by atoms with Crippen molar-refractivity contribution in [3.05, 3.63) is 35.9 Å². The molecule has 1 rings (SSSR count). The highest BCUT2D eigenvalue weighted by atomic mass is 15.1. The quantitative estimate of drug-likeness (QED) is 0.682. The Kier molecular flexibility index (Phi) is 3.97. The molecule has 1 aromatic carbocycles. The first-order chi connectivity index (χ1) is 6.18. The maximum absolute atomic E-state index is 2.30. The van der Waals surface area contributed by atoms with E-state index in [-0.39, 0.29) is 0 Å². The van der Waals surface area contributed by atoms with Crippen LogP contribution in [-0.4, -0.2) is 25.5 Å². The molecule has 0 aromatic heterocycles. The molecule has 0 spiro atoms. The molecule has 0 saturated heterocycles. The first-order valence-electron chi connectivity index (χ1n) is 4.87. The minimum absolute atomic E-state index is 0.734. The summed E-state index contributed by atoms with van der Waals surface area (Å²) < 4.78 is 0. The lowest BCUT2D eigenvalue weighted by atomic mass is 10.0. The van der Waals surface area contributed by atoms with E-state index in [2.05, 4.69) is 56.3 Å². The molecule has 72 valence electrons. The zero-order chi connectivity index (χ0) is 9.68. The average molecular weight is 177 g/mol. The van der Waals surface area contributed by atoms with Crippen LogP contribution < -0.4 is 0 Å². The monoisotopic (exact) mass is 177 g/mol. The fourth-order valence-electron chi connectivity index (χ4n) is 1.70. The van der Waals surface area contributed by atoms with Crippen LogP contribution in [0.25, 0.3) is 0 Å². The summed E-state index contributed by atoms with van der Waals surface area (Å²) in [6.07, 6.45) is 1.18. The van der Waals surface area contributed by atoms with Crippen LogP contribution in [0.15, 0.2) is 30.3 Å². The predicted molar refractivity (Wildman–Crippen MR) is 57.9 cm³/mol. The molecule has 0 amide bonds. The van der Waals surface area contributed by atoms with E-state index >= 15 is 0 Å². The third-order valence-corrected chi connectivity index (χ3v) is 2.10. The lowest BCUT2D eigenvalue weighted by molar-refractivity contribution is 0.338. The van der Waals surface area contributed by atoms with Gasteiger partial charge in [0.05, 0.1) is 0 Å². The van der Waals surface area contributed by atoms with Crippen LogP contribution in [0.5, 0.6) is 0 Å². The van der Waals surface area contributed by atoms with Crippen molar-refractivity contribution in [2.75, 3.05) is 20.6 Å². The summed E-state index contributed by atoms with van der Waals surface area (Å²) in [5.41, 5.74) is 1.44. The van der Waals surface area contributed by atoms with Crippen molar-refractivity contribution < 1.29 is 0 Å². The van der Waals surface area contributed by atoms with Crippen molar-refractivity contribution >= 4 is 0 Å². The second-order valence-electron chi connectivity index (χ2n) is 4.06. The van der Waals surface area contributed by atoms with Gasteiger partial charge < -0.3 is 4.90 Å². The van der Waals surface area contributed by atoms with Gasteiger partial charge in [-0.25, -0.2) is 0 Å². The van der Waals surface area contributed by atoms with Gasteiger partial charge in [-0.3, -0.25) is 0 Å². The van der Waals surface area contributed by atoms with E-state index in [0.717, 1.165) is 12.5 Å². The van der Waals surface area contributed by atoms with E-state index in [4.69, 9.17) is 0 Å². The summed E-state index contributed by atoms with van der Waals surface area (Å²) in [5.74, 6) is 0.734. The second kappa shape index (κ2) is 5.03. The van der Waals surface area contributed by atoms with Gasteiger partial charge in [-0.1, -0.05) is 37.3 Å². The summed E-state index contributed by atoms with van der Waals surface area (Å²) in [7, 11) is 4.25. The Hall–Kier alpha value is -0.820. The van der Waals surface area contributed by atoms with Crippen LogP contribution in [0, 0.1) is 5.92 Å². The lowest BCUT2D eigenvalue weighted by Crippen LogP contribution is -2.21. The maximum Gasteiger partial charge on any atom is 0.000410 e. The van der Waals surface area contributed by atoms with Crippen molar-refractivity contribution in [3.63, 3.8) is 0 Å². The molecule has 13 heavy (non-hydrogen) atoms. The third kappa shape index (κ3) is 4.09. The minimum Gasteiger partial charge on any atom is -0.309 e. The van der Waals surface area contributed by atoms with Crippen molar-refractivity contribution in [2.24, 2.45) is 5.92 Å². The molecule has 0 N–H and O–H groups in total. The smallest absolute Gasteiger partial charge is 0.000410 e. The van der Waals surface area contributed by atoms with Crippen molar-refractivity contribution in [1.82, 2.24) is 4.90 Å². The molecule has 0 aliphatic carbocycles. The second-order valence-corrected chi connectivity index (χ2v) is 4.06. The van der Waals surface area contributed by atoms with Gasteiger partial charge in [0.15, 0.2) is 0 Å². The Morgan fingerprint density at radius 2 is 1.77 bits per heavy atom. The minimum atomic E-state index is 0.734. The highest BCUT2D eigenvalue weighted by molar-refractivity contribution is 5.15. The summed E-state index contributed by atoms with van der Waals surface area (Å²) in [4.78, 5) is 2.24. The predicted octanol–water partition coefficient (Wildman–Crippen LogP) is 2.43. The summed E-state index contributed by atoms with van der Waals surface area (Å²) in [6, 6.07) is 10.7. The van der Waals surface area contributed by atoms with E-state index in [1.54, 1.807) is 0 Å². The number of hydrogen-bond donors (Lipinski definition) is 0. The molecule has 0 heterocycles. The Labute approximate surface area is 81.4 Å². The van der Waals surface area contributed by atoms with Gasteiger partial charge in [0.2, 0.25) is 0 Å². The van der Waals surface area contributed by atoms with Crippen LogP contribution >= 0.6 is 0 Å². The van der Waals surface area contributed by atoms with E-state index in [1.165, 1.54) is 12.0 Å². The van der Waals surface area contributed by atoms with Crippen molar-refractivity contribution in [2.45, 2.75) is 13.3 Å². The number of hydrogen-bond acceptors (Lipinski definition) is 1. The van der Waals surface area contributed by atoms with Gasteiger partial charge in [-0.2, -0.15) is 0 Å². The highest BCUT2D eigenvalue weighted by Gasteiger charge is 2.03. The molecule has 1 heteroatoms. The standard InChI is InChI=1S/C12H19N/c1-11(10-13(2)3)9-12-7-5-4-6-8-12/h4-8,11H,9-10H2,1-3H3/t11-/m0/s1. The lowest BCUT2D eigenvalue weighted by Gasteiger charge is -2.16. The van der Waals surface area contributed by atoms with Gasteiger partial charge in [0, 0.05) is 6.54 Å². The molecule has 0 fully saturated rings. The Morgan fingerprint density at radius 1 is 1.15 bits per heavy atom. The van der Waals surface area contributed by atoms with Gasteiger partial charge >= 0.3 is 0 Å². The molecular formula is C12H19N. The van der Waals surface area contributed by atoms with Crippen LogP contribution in [0.2, 0.25) is 0 Å². The van der Waals surface area contributed by atoms with Crippen LogP contribution in [-0.2, 0) is 6.42 Å². The van der Waals surface area contributed by atoms with Crippen LogP contribution in [0.4, 0.5) is 0 Å². The van der Waals surface area contributed by atoms with Gasteiger partial charge in [-0.15, -0.1) is 0 Å². The molecule has 0 bridgehead atoms. The first-order valence-corrected chi connectivity index (χ1v) is 4.87. The summed E-state index contributed by atoms with van der Waals surface area (Å²) in [5, 5.41) is 0. The fraction of sp³-hybridized carbons (Fsp3) is 0.500. The molecule has 1 aromatic rings. The Bertz CT molecular complexity index is 228. The molecule has 0 aliphatic rings. The molecule has 0 radical (unpaired) electrons. The average Bonchev–Trinajstić information content (AvgIpc) is 2.04. The summed E-state index contributed by atoms with van der Waals surface area (Å²) >= 11 is 0. The van der Waals surface area contributed by atoms with E-state index in [1.807, 2.05) is 0 Å². The number of rotatable bonds is 4. The topological polar surface area (TPSA) is 3.24 Å².